The highest BCUT2D eigenvalue weighted by atomic mass is 16.5. The summed E-state index contributed by atoms with van der Waals surface area (Å²) >= 11 is 0. The van der Waals surface area contributed by atoms with Crippen LogP contribution >= 0.6 is 0 Å². The van der Waals surface area contributed by atoms with Crippen LogP contribution in [0.2, 0.25) is 0 Å². The molecule has 76 valence electrons. The Morgan fingerprint density at radius 1 is 1.43 bits per heavy atom. The van der Waals surface area contributed by atoms with E-state index in [1.807, 2.05) is 18.2 Å². The lowest BCUT2D eigenvalue weighted by Gasteiger charge is -2.36. The van der Waals surface area contributed by atoms with Crippen LogP contribution in [0.15, 0.2) is 24.3 Å². The van der Waals surface area contributed by atoms with Crippen LogP contribution in [0, 0.1) is 0 Å². The van der Waals surface area contributed by atoms with Gasteiger partial charge >= 0.3 is 0 Å². The molecular formula is C11H15NO2. The normalized spacial score (nSPS) is 25.9. The Hall–Kier alpha value is -0.900. The van der Waals surface area contributed by atoms with Gasteiger partial charge in [-0.2, -0.15) is 0 Å². The van der Waals surface area contributed by atoms with Crippen molar-refractivity contribution in [1.82, 2.24) is 0 Å². The molecular weight excluding hydrogens is 178 g/mol. The Bertz CT molecular complexity index is 321. The van der Waals surface area contributed by atoms with E-state index in [9.17, 15) is 5.11 Å². The van der Waals surface area contributed by atoms with Gasteiger partial charge in [0.05, 0.1) is 13.2 Å². The number of hydrogen-bond donors (Lipinski definition) is 2. The van der Waals surface area contributed by atoms with Crippen LogP contribution < -0.4 is 5.73 Å². The summed E-state index contributed by atoms with van der Waals surface area (Å²) in [5, 5.41) is 9.38. The number of benzene rings is 1. The first-order valence-electron chi connectivity index (χ1n) is 4.86. The molecule has 0 aromatic heterocycles. The van der Waals surface area contributed by atoms with Gasteiger partial charge in [0.1, 0.15) is 5.60 Å². The zero-order chi connectivity index (χ0) is 10.0. The number of nitrogens with two attached hydrogens (primary N) is 1. The lowest BCUT2D eigenvalue weighted by molar-refractivity contribution is -0.0868. The van der Waals surface area contributed by atoms with Gasteiger partial charge in [-0.3, -0.25) is 0 Å². The summed E-state index contributed by atoms with van der Waals surface area (Å²) < 4.78 is 5.62. The Labute approximate surface area is 83.5 Å². The fraction of sp³-hybridized carbons (Fsp3) is 0.455. The van der Waals surface area contributed by atoms with Crippen LogP contribution in [0.1, 0.15) is 11.1 Å². The highest BCUT2D eigenvalue weighted by Crippen LogP contribution is 2.31. The lowest BCUT2D eigenvalue weighted by atomic mass is 9.87. The summed E-state index contributed by atoms with van der Waals surface area (Å²) in [7, 11) is 0. The SMILES string of the molecule is NCC1(CO)OCCc2ccccc21. The number of aliphatic hydroxyl groups excluding tert-OH is 1. The Balaban J connectivity index is 2.48. The predicted octanol–water partition coefficient (Wildman–Crippen LogP) is 0.406. The Morgan fingerprint density at radius 3 is 2.93 bits per heavy atom. The smallest absolute Gasteiger partial charge is 0.128 e. The van der Waals surface area contributed by atoms with Gasteiger partial charge in [0.25, 0.3) is 0 Å². The fourth-order valence-corrected chi connectivity index (χ4v) is 1.98. The highest BCUT2D eigenvalue weighted by Gasteiger charge is 2.35. The van der Waals surface area contributed by atoms with E-state index in [0.717, 1.165) is 12.0 Å². The zero-order valence-electron chi connectivity index (χ0n) is 8.07. The van der Waals surface area contributed by atoms with E-state index in [1.54, 1.807) is 0 Å². The topological polar surface area (TPSA) is 55.5 Å². The monoisotopic (exact) mass is 193 g/mol. The molecule has 1 heterocycles. The molecule has 0 saturated carbocycles. The maximum absolute atomic E-state index is 9.38. The molecule has 0 radical (unpaired) electrons. The second-order valence-corrected chi connectivity index (χ2v) is 3.61. The third-order valence-electron chi connectivity index (χ3n) is 2.84. The molecule has 1 unspecified atom stereocenters. The predicted molar refractivity (Wildman–Crippen MR) is 53.9 cm³/mol. The summed E-state index contributed by atoms with van der Waals surface area (Å²) in [5.41, 5.74) is 7.28. The number of rotatable bonds is 2. The molecule has 3 N–H and O–H groups in total. The maximum atomic E-state index is 9.38. The van der Waals surface area contributed by atoms with Crippen molar-refractivity contribution in [3.05, 3.63) is 35.4 Å². The molecule has 1 aromatic carbocycles. The van der Waals surface area contributed by atoms with E-state index >= 15 is 0 Å². The van der Waals surface area contributed by atoms with Crippen molar-refractivity contribution in [2.45, 2.75) is 12.0 Å². The molecule has 3 nitrogen and oxygen atoms in total. The van der Waals surface area contributed by atoms with Gasteiger partial charge in [0.15, 0.2) is 0 Å². The molecule has 0 fully saturated rings. The number of ether oxygens (including phenoxy) is 1. The molecule has 0 saturated heterocycles. The van der Waals surface area contributed by atoms with Crippen molar-refractivity contribution in [1.29, 1.82) is 0 Å². The van der Waals surface area contributed by atoms with Crippen molar-refractivity contribution in [2.24, 2.45) is 5.73 Å². The van der Waals surface area contributed by atoms with Crippen LogP contribution in [0.5, 0.6) is 0 Å². The molecule has 1 aliphatic rings. The number of aliphatic hydroxyl groups is 1. The van der Waals surface area contributed by atoms with Crippen LogP contribution in [0.3, 0.4) is 0 Å². The molecule has 0 aliphatic carbocycles. The molecule has 1 atom stereocenters. The molecule has 0 bridgehead atoms. The lowest BCUT2D eigenvalue weighted by Crippen LogP contribution is -2.45. The average Bonchev–Trinajstić information content (AvgIpc) is 2.28. The third-order valence-corrected chi connectivity index (χ3v) is 2.84. The molecule has 3 heteroatoms. The summed E-state index contributed by atoms with van der Waals surface area (Å²) in [4.78, 5) is 0. The molecule has 0 amide bonds. The minimum absolute atomic E-state index is 0.0550. The number of hydrogen-bond acceptors (Lipinski definition) is 3. The summed E-state index contributed by atoms with van der Waals surface area (Å²) in [6.45, 7) is 0.899. The molecule has 0 spiro atoms. The van der Waals surface area contributed by atoms with Gasteiger partial charge in [-0.05, 0) is 17.5 Å². The van der Waals surface area contributed by atoms with Crippen LogP contribution in [0.25, 0.3) is 0 Å². The van der Waals surface area contributed by atoms with E-state index in [-0.39, 0.29) is 6.61 Å². The Kier molecular flexibility index (Phi) is 2.54. The van der Waals surface area contributed by atoms with Gasteiger partial charge < -0.3 is 15.6 Å². The minimum atomic E-state index is -0.672. The van der Waals surface area contributed by atoms with E-state index in [4.69, 9.17) is 10.5 Å². The third kappa shape index (κ3) is 1.34. The van der Waals surface area contributed by atoms with Crippen molar-refractivity contribution in [3.8, 4) is 0 Å². The first kappa shape index (κ1) is 9.65. The average molecular weight is 193 g/mol. The van der Waals surface area contributed by atoms with Gasteiger partial charge in [-0.25, -0.2) is 0 Å². The van der Waals surface area contributed by atoms with Crippen molar-refractivity contribution in [3.63, 3.8) is 0 Å². The first-order chi connectivity index (χ1) is 6.82. The first-order valence-corrected chi connectivity index (χ1v) is 4.86. The largest absolute Gasteiger partial charge is 0.393 e. The van der Waals surface area contributed by atoms with Gasteiger partial charge in [0, 0.05) is 6.54 Å². The number of fused-ring (bicyclic) bond motifs is 1. The van der Waals surface area contributed by atoms with Gasteiger partial charge in [-0.15, -0.1) is 0 Å². The van der Waals surface area contributed by atoms with E-state index < -0.39 is 5.60 Å². The van der Waals surface area contributed by atoms with Crippen LogP contribution in [0.4, 0.5) is 0 Å². The van der Waals surface area contributed by atoms with Crippen LogP contribution in [-0.4, -0.2) is 24.9 Å². The quantitative estimate of drug-likeness (QED) is 0.715. The van der Waals surface area contributed by atoms with E-state index in [0.29, 0.717) is 13.2 Å². The zero-order valence-corrected chi connectivity index (χ0v) is 8.07. The van der Waals surface area contributed by atoms with Crippen molar-refractivity contribution < 1.29 is 9.84 Å². The summed E-state index contributed by atoms with van der Waals surface area (Å²) in [5.74, 6) is 0. The Morgan fingerprint density at radius 2 is 2.21 bits per heavy atom. The van der Waals surface area contributed by atoms with Crippen LogP contribution in [-0.2, 0) is 16.8 Å². The molecule has 2 rings (SSSR count). The van der Waals surface area contributed by atoms with Crippen molar-refractivity contribution >= 4 is 0 Å². The van der Waals surface area contributed by atoms with Gasteiger partial charge in [0.2, 0.25) is 0 Å². The summed E-state index contributed by atoms with van der Waals surface area (Å²) in [6.07, 6.45) is 0.901. The molecule has 14 heavy (non-hydrogen) atoms. The summed E-state index contributed by atoms with van der Waals surface area (Å²) in [6, 6.07) is 8.01. The van der Waals surface area contributed by atoms with Crippen molar-refractivity contribution in [2.75, 3.05) is 19.8 Å². The highest BCUT2D eigenvalue weighted by molar-refractivity contribution is 5.35. The maximum Gasteiger partial charge on any atom is 0.128 e. The standard InChI is InChI=1S/C11H15NO2/c12-7-11(8-13)10-4-2-1-3-9(10)5-6-14-11/h1-4,13H,5-8,12H2. The van der Waals surface area contributed by atoms with E-state index in [1.165, 1.54) is 5.56 Å². The fourth-order valence-electron chi connectivity index (χ4n) is 1.98. The molecule has 1 aliphatic heterocycles. The van der Waals surface area contributed by atoms with Gasteiger partial charge in [-0.1, -0.05) is 24.3 Å². The minimum Gasteiger partial charge on any atom is -0.393 e. The second kappa shape index (κ2) is 3.69. The van der Waals surface area contributed by atoms with E-state index in [2.05, 4.69) is 6.07 Å². The molecule has 1 aromatic rings. The second-order valence-electron chi connectivity index (χ2n) is 3.61.